The molecule has 4 nitrogen and oxygen atoms in total. The first kappa shape index (κ1) is 3.29. The Labute approximate surface area is 39.8 Å². The smallest absolute Gasteiger partial charge is 0.195 e. The Bertz CT molecular complexity index is 128. The van der Waals surface area contributed by atoms with Gasteiger partial charge in [0.1, 0.15) is 6.04 Å². The molecule has 0 aromatic carbocycles. The second-order valence-corrected chi connectivity index (χ2v) is 1.49. The van der Waals surface area contributed by atoms with E-state index in [9.17, 15) is 0 Å². The molecule has 2 rings (SSSR count). The van der Waals surface area contributed by atoms with E-state index in [-0.39, 0.29) is 6.04 Å². The van der Waals surface area contributed by atoms with Gasteiger partial charge in [-0.05, 0) is 0 Å². The van der Waals surface area contributed by atoms with Gasteiger partial charge in [0, 0.05) is 5.64 Å². The summed E-state index contributed by atoms with van der Waals surface area (Å²) >= 11 is 0. The molecular weight excluding hydrogens is 96.0 g/mol. The predicted octanol–water partition coefficient (Wildman–Crippen LogP) is -0.995. The zero-order chi connectivity index (χ0) is 4.85. The fourth-order valence-electron chi connectivity index (χ4n) is 0.537. The third kappa shape index (κ3) is 0.240. The van der Waals surface area contributed by atoms with E-state index in [0.717, 1.165) is 11.5 Å². The van der Waals surface area contributed by atoms with Crippen LogP contribution >= 0.6 is 0 Å². The summed E-state index contributed by atoms with van der Waals surface area (Å²) in [6.45, 7) is 0. The molecule has 0 spiro atoms. The maximum atomic E-state index is 5.31. The minimum Gasteiger partial charge on any atom is -0.372 e. The molecule has 0 saturated heterocycles. The van der Waals surface area contributed by atoms with Crippen LogP contribution < -0.4 is 11.4 Å². The van der Waals surface area contributed by atoms with Crippen molar-refractivity contribution in [1.82, 2.24) is 5.64 Å². The minimum absolute atomic E-state index is 0.0544. The van der Waals surface area contributed by atoms with Crippen molar-refractivity contribution in [2.75, 3.05) is 0 Å². The Kier molecular flexibility index (Phi) is 0.353. The number of hydrogen-bond donors (Lipinski definition) is 2. The van der Waals surface area contributed by atoms with Gasteiger partial charge in [0.05, 0.1) is 0 Å². The Morgan fingerprint density at radius 3 is 2.29 bits per heavy atom. The van der Waals surface area contributed by atoms with Crippen molar-refractivity contribution in [3.8, 4) is 0 Å². The van der Waals surface area contributed by atoms with Crippen molar-refractivity contribution < 1.29 is 9.68 Å². The Hall–Kier alpha value is -0.740. The van der Waals surface area contributed by atoms with Gasteiger partial charge in [-0.25, -0.2) is 0 Å². The van der Waals surface area contributed by atoms with E-state index < -0.39 is 0 Å². The van der Waals surface area contributed by atoms with Crippen LogP contribution in [0.25, 0.3) is 0 Å². The summed E-state index contributed by atoms with van der Waals surface area (Å²) in [5.41, 5.74) is 7.51. The summed E-state index contributed by atoms with van der Waals surface area (Å²) < 4.78 is 0. The average Bonchev–Trinajstić information content (AvgIpc) is 2.26. The maximum absolute atomic E-state index is 5.31. The lowest BCUT2D eigenvalue weighted by molar-refractivity contribution is -0.0869. The highest BCUT2D eigenvalue weighted by atomic mass is 16.9. The summed E-state index contributed by atoms with van der Waals surface area (Å²) in [5, 5.41) is 0. The summed E-state index contributed by atoms with van der Waals surface area (Å²) in [5.74, 6) is 1.47. The van der Waals surface area contributed by atoms with Gasteiger partial charge in [0.2, 0.25) is 0 Å². The molecule has 0 fully saturated rings. The van der Waals surface area contributed by atoms with Crippen LogP contribution in [-0.2, 0) is 9.68 Å². The Balaban J connectivity index is 2.19. The van der Waals surface area contributed by atoms with E-state index in [4.69, 9.17) is 5.73 Å². The fourth-order valence-corrected chi connectivity index (χ4v) is 0.537. The van der Waals surface area contributed by atoms with Crippen molar-refractivity contribution in [3.63, 3.8) is 0 Å². The molecule has 1 heterocycles. The maximum Gasteiger partial charge on any atom is 0.195 e. The molecule has 0 aromatic rings. The fraction of sp³-hybridized carbons (Fsp3) is 0.333. The molecule has 0 radical (unpaired) electrons. The monoisotopic (exact) mass is 100 g/mol. The van der Waals surface area contributed by atoms with Crippen LogP contribution in [0.15, 0.2) is 11.5 Å². The van der Waals surface area contributed by atoms with Crippen LogP contribution in [0, 0.1) is 0 Å². The van der Waals surface area contributed by atoms with Gasteiger partial charge in [-0.15, -0.1) is 0 Å². The molecule has 0 aromatic heterocycles. The lowest BCUT2D eigenvalue weighted by atomic mass is 10.6. The molecule has 2 aliphatic rings. The van der Waals surface area contributed by atoms with Gasteiger partial charge >= 0.3 is 0 Å². The number of rotatable bonds is 0. The number of hydrogen-bond acceptors (Lipinski definition) is 4. The van der Waals surface area contributed by atoms with E-state index in [2.05, 4.69) is 15.3 Å². The van der Waals surface area contributed by atoms with Crippen molar-refractivity contribution >= 4 is 0 Å². The summed E-state index contributed by atoms with van der Waals surface area (Å²) in [6.07, 6.45) is 0. The first-order valence-corrected chi connectivity index (χ1v) is 1.98. The Morgan fingerprint density at radius 2 is 2.00 bits per heavy atom. The quantitative estimate of drug-likeness (QED) is 0.410. The van der Waals surface area contributed by atoms with Gasteiger partial charge in [-0.2, -0.15) is 0 Å². The van der Waals surface area contributed by atoms with Crippen LogP contribution in [0.1, 0.15) is 0 Å². The van der Waals surface area contributed by atoms with Gasteiger partial charge in [-0.3, -0.25) is 0 Å². The molecule has 0 atom stereocenters. The molecule has 0 saturated carbocycles. The molecular formula is C3H4N2O2. The van der Waals surface area contributed by atoms with Crippen molar-refractivity contribution in [3.05, 3.63) is 11.5 Å². The van der Waals surface area contributed by atoms with E-state index in [1.165, 1.54) is 0 Å². The molecule has 0 unspecified atom stereocenters. The molecule has 0 bridgehead atoms. The lowest BCUT2D eigenvalue weighted by Crippen LogP contribution is -2.19. The third-order valence-electron chi connectivity index (χ3n) is 1.03. The van der Waals surface area contributed by atoms with E-state index in [1.807, 2.05) is 0 Å². The first-order chi connectivity index (χ1) is 3.39. The van der Waals surface area contributed by atoms with Gasteiger partial charge < -0.3 is 15.4 Å². The van der Waals surface area contributed by atoms with Crippen molar-refractivity contribution in [2.45, 2.75) is 6.04 Å². The minimum atomic E-state index is -0.0544. The summed E-state index contributed by atoms with van der Waals surface area (Å²) in [6, 6.07) is -0.0544. The number of nitrogens with one attached hydrogen (secondary N) is 1. The largest absolute Gasteiger partial charge is 0.372 e. The predicted molar refractivity (Wildman–Crippen MR) is 20.3 cm³/mol. The van der Waals surface area contributed by atoms with Crippen LogP contribution in [-0.4, -0.2) is 6.04 Å². The van der Waals surface area contributed by atoms with Gasteiger partial charge in [0.15, 0.2) is 11.5 Å². The van der Waals surface area contributed by atoms with Crippen LogP contribution in [0.3, 0.4) is 0 Å². The Morgan fingerprint density at radius 1 is 1.43 bits per heavy atom. The third-order valence-corrected chi connectivity index (χ3v) is 1.03. The van der Waals surface area contributed by atoms with Crippen LogP contribution in [0.4, 0.5) is 0 Å². The first-order valence-electron chi connectivity index (χ1n) is 1.98. The van der Waals surface area contributed by atoms with E-state index in [0.29, 0.717) is 0 Å². The highest BCUT2D eigenvalue weighted by Gasteiger charge is 2.44. The second-order valence-electron chi connectivity index (χ2n) is 1.49. The van der Waals surface area contributed by atoms with Gasteiger partial charge in [-0.1, -0.05) is 0 Å². The molecule has 38 valence electrons. The van der Waals surface area contributed by atoms with Crippen molar-refractivity contribution in [1.29, 1.82) is 0 Å². The average molecular weight is 100 g/mol. The molecule has 4 heteroatoms. The lowest BCUT2D eigenvalue weighted by Gasteiger charge is -1.99. The molecule has 7 heavy (non-hydrogen) atoms. The molecule has 0 amide bonds. The summed E-state index contributed by atoms with van der Waals surface area (Å²) in [7, 11) is 0. The molecule has 1 aliphatic carbocycles. The van der Waals surface area contributed by atoms with Crippen LogP contribution in [0.5, 0.6) is 0 Å². The standard InChI is InChI=1S/C3H4N2O2/c4-1-2-3(1)7-5-6-2/h1,5H,4H2. The highest BCUT2D eigenvalue weighted by molar-refractivity contribution is 5.36. The summed E-state index contributed by atoms with van der Waals surface area (Å²) in [4.78, 5) is 9.24. The van der Waals surface area contributed by atoms with Crippen molar-refractivity contribution in [2.24, 2.45) is 5.73 Å². The zero-order valence-electron chi connectivity index (χ0n) is 3.47. The normalized spacial score (nSPS) is 26.4. The van der Waals surface area contributed by atoms with E-state index >= 15 is 0 Å². The number of nitrogens with two attached hydrogens (primary N) is 1. The highest BCUT2D eigenvalue weighted by Crippen LogP contribution is 2.33. The van der Waals surface area contributed by atoms with Crippen LogP contribution in [0.2, 0.25) is 0 Å². The molecule has 1 aliphatic heterocycles. The topological polar surface area (TPSA) is 56.5 Å². The van der Waals surface area contributed by atoms with E-state index in [1.54, 1.807) is 0 Å². The SMILES string of the molecule is NC1C2=C1ONO2. The molecule has 3 N–H and O–H groups in total. The zero-order valence-corrected chi connectivity index (χ0v) is 3.47. The van der Waals surface area contributed by atoms with Gasteiger partial charge in [0.25, 0.3) is 0 Å². The second kappa shape index (κ2) is 0.753.